The van der Waals surface area contributed by atoms with E-state index < -0.39 is 17.9 Å². The fourth-order valence-electron chi connectivity index (χ4n) is 5.23. The zero-order valence-corrected chi connectivity index (χ0v) is 19.0. The van der Waals surface area contributed by atoms with E-state index in [1.807, 2.05) is 32.9 Å². The van der Waals surface area contributed by atoms with Crippen LogP contribution in [0.2, 0.25) is 0 Å². The van der Waals surface area contributed by atoms with E-state index in [1.165, 1.54) is 0 Å². The van der Waals surface area contributed by atoms with Crippen molar-refractivity contribution in [2.24, 2.45) is 5.92 Å². The Bertz CT molecular complexity index is 795. The van der Waals surface area contributed by atoms with Gasteiger partial charge in [-0.3, -0.25) is 4.90 Å². The molecule has 4 unspecified atom stereocenters. The lowest BCUT2D eigenvalue weighted by atomic mass is 9.84. The third-order valence-corrected chi connectivity index (χ3v) is 6.81. The molecular formula is C24H35F2NO4. The van der Waals surface area contributed by atoms with E-state index in [0.29, 0.717) is 37.3 Å². The van der Waals surface area contributed by atoms with Gasteiger partial charge < -0.3 is 19.3 Å². The van der Waals surface area contributed by atoms with Gasteiger partial charge in [-0.2, -0.15) is 0 Å². The molecule has 1 aliphatic carbocycles. The minimum Gasteiger partial charge on any atom is -0.493 e. The van der Waals surface area contributed by atoms with Crippen LogP contribution >= 0.6 is 0 Å². The first-order chi connectivity index (χ1) is 14.6. The quantitative estimate of drug-likeness (QED) is 0.739. The molecule has 3 aliphatic rings. The molecule has 0 spiro atoms. The molecule has 31 heavy (non-hydrogen) atoms. The third-order valence-electron chi connectivity index (χ3n) is 6.81. The number of nitrogens with zero attached hydrogens (tertiary/aromatic N) is 1. The molecule has 174 valence electrons. The highest BCUT2D eigenvalue weighted by molar-refractivity contribution is 5.49. The van der Waals surface area contributed by atoms with Crippen LogP contribution in [0.1, 0.15) is 63.6 Å². The number of rotatable bonds is 5. The van der Waals surface area contributed by atoms with Crippen LogP contribution in [0.15, 0.2) is 12.1 Å². The molecule has 5 nitrogen and oxygen atoms in total. The summed E-state index contributed by atoms with van der Waals surface area (Å²) < 4.78 is 45.4. The van der Waals surface area contributed by atoms with Gasteiger partial charge >= 0.3 is 0 Å². The highest BCUT2D eigenvalue weighted by Gasteiger charge is 2.44. The van der Waals surface area contributed by atoms with Crippen molar-refractivity contribution in [1.82, 2.24) is 4.90 Å². The predicted molar refractivity (Wildman–Crippen MR) is 114 cm³/mol. The molecule has 2 fully saturated rings. The van der Waals surface area contributed by atoms with Crippen molar-refractivity contribution in [2.75, 3.05) is 26.8 Å². The van der Waals surface area contributed by atoms with Crippen molar-refractivity contribution in [3.8, 4) is 11.5 Å². The Kier molecular flexibility index (Phi) is 6.23. The van der Waals surface area contributed by atoms with Crippen molar-refractivity contribution in [3.63, 3.8) is 0 Å². The third kappa shape index (κ3) is 4.83. The SMILES string of the molecule is COc1cc2c(cc1OCC1CCCC1(F)F)CCN1CC(OC(C)(C)C)C(O)CC21. The number of alkyl halides is 2. The predicted octanol–water partition coefficient (Wildman–Crippen LogP) is 4.36. The lowest BCUT2D eigenvalue weighted by Gasteiger charge is -2.46. The number of aliphatic hydroxyl groups excluding tert-OH is 1. The number of methoxy groups -OCH3 is 1. The van der Waals surface area contributed by atoms with Gasteiger partial charge in [-0.15, -0.1) is 0 Å². The second-order valence-corrected chi connectivity index (χ2v) is 10.2. The zero-order valence-electron chi connectivity index (χ0n) is 19.0. The van der Waals surface area contributed by atoms with Gasteiger partial charge in [-0.25, -0.2) is 8.78 Å². The van der Waals surface area contributed by atoms with Gasteiger partial charge in [-0.05, 0) is 69.7 Å². The summed E-state index contributed by atoms with van der Waals surface area (Å²) in [5.41, 5.74) is 1.95. The maximum Gasteiger partial charge on any atom is 0.254 e. The fourth-order valence-corrected chi connectivity index (χ4v) is 5.23. The van der Waals surface area contributed by atoms with E-state index in [1.54, 1.807) is 7.11 Å². The van der Waals surface area contributed by atoms with Gasteiger partial charge in [0.15, 0.2) is 11.5 Å². The topological polar surface area (TPSA) is 51.2 Å². The minimum absolute atomic E-state index is 0.00222. The highest BCUT2D eigenvalue weighted by Crippen LogP contribution is 2.44. The Labute approximate surface area is 183 Å². The number of hydrogen-bond donors (Lipinski definition) is 1. The first-order valence-electron chi connectivity index (χ1n) is 11.4. The summed E-state index contributed by atoms with van der Waals surface area (Å²) in [6.45, 7) is 7.56. The van der Waals surface area contributed by atoms with Crippen LogP contribution in [0, 0.1) is 5.92 Å². The Morgan fingerprint density at radius 1 is 1.23 bits per heavy atom. The number of ether oxygens (including phenoxy) is 3. The average Bonchev–Trinajstić information content (AvgIpc) is 3.03. The van der Waals surface area contributed by atoms with Crippen molar-refractivity contribution in [3.05, 3.63) is 23.3 Å². The lowest BCUT2D eigenvalue weighted by Crippen LogP contribution is -2.53. The number of halogens is 2. The zero-order chi connectivity index (χ0) is 22.4. The van der Waals surface area contributed by atoms with Crippen molar-refractivity contribution >= 4 is 0 Å². The Morgan fingerprint density at radius 3 is 2.65 bits per heavy atom. The Hall–Kier alpha value is -1.44. The molecule has 0 bridgehead atoms. The van der Waals surface area contributed by atoms with Crippen LogP contribution in [0.4, 0.5) is 8.78 Å². The van der Waals surface area contributed by atoms with Gasteiger partial charge in [0, 0.05) is 25.6 Å². The molecule has 0 radical (unpaired) electrons. The van der Waals surface area contributed by atoms with Crippen LogP contribution in [-0.2, 0) is 11.2 Å². The maximum absolute atomic E-state index is 14.0. The number of hydrogen-bond acceptors (Lipinski definition) is 5. The number of benzene rings is 1. The minimum atomic E-state index is -2.65. The largest absolute Gasteiger partial charge is 0.493 e. The van der Waals surface area contributed by atoms with E-state index in [9.17, 15) is 13.9 Å². The van der Waals surface area contributed by atoms with E-state index in [2.05, 4.69) is 4.90 Å². The smallest absolute Gasteiger partial charge is 0.254 e. The molecule has 0 amide bonds. The number of piperidine rings is 1. The van der Waals surface area contributed by atoms with Crippen LogP contribution in [0.5, 0.6) is 11.5 Å². The monoisotopic (exact) mass is 439 g/mol. The standard InChI is InChI=1S/C24H35F2NO4/c1-23(2,3)31-22-13-27-9-7-15-10-21(30-14-16-6-5-8-24(16,25)26)20(29-4)11-17(15)18(27)12-19(22)28/h10-11,16,18-19,22,28H,5-9,12-14H2,1-4H3. The summed E-state index contributed by atoms with van der Waals surface area (Å²) in [5, 5.41) is 10.8. The molecule has 1 saturated carbocycles. The van der Waals surface area contributed by atoms with E-state index in [0.717, 1.165) is 24.1 Å². The molecule has 2 heterocycles. The lowest BCUT2D eigenvalue weighted by molar-refractivity contribution is -0.149. The molecule has 1 aromatic rings. The Balaban J connectivity index is 1.51. The molecule has 1 N–H and O–H groups in total. The van der Waals surface area contributed by atoms with Gasteiger partial charge in [0.1, 0.15) is 0 Å². The normalized spacial score (nSPS) is 30.5. The highest BCUT2D eigenvalue weighted by atomic mass is 19.3. The second kappa shape index (κ2) is 8.49. The molecule has 4 atom stereocenters. The Morgan fingerprint density at radius 2 is 2.00 bits per heavy atom. The summed E-state index contributed by atoms with van der Waals surface area (Å²) in [6.07, 6.45) is 1.65. The van der Waals surface area contributed by atoms with Crippen molar-refractivity contribution in [1.29, 1.82) is 0 Å². The summed E-state index contributed by atoms with van der Waals surface area (Å²) >= 11 is 0. The summed E-state index contributed by atoms with van der Waals surface area (Å²) in [4.78, 5) is 2.37. The summed E-state index contributed by atoms with van der Waals surface area (Å²) in [5.74, 6) is -2.30. The summed E-state index contributed by atoms with van der Waals surface area (Å²) in [6, 6.07) is 4.00. The molecule has 7 heteroatoms. The fraction of sp³-hybridized carbons (Fsp3) is 0.750. The second-order valence-electron chi connectivity index (χ2n) is 10.2. The van der Waals surface area contributed by atoms with Crippen LogP contribution in [0.25, 0.3) is 0 Å². The van der Waals surface area contributed by atoms with Gasteiger partial charge in [0.2, 0.25) is 0 Å². The van der Waals surface area contributed by atoms with E-state index in [-0.39, 0.29) is 30.8 Å². The first-order valence-corrected chi connectivity index (χ1v) is 11.4. The van der Waals surface area contributed by atoms with Gasteiger partial charge in [0.05, 0.1) is 37.4 Å². The van der Waals surface area contributed by atoms with Crippen molar-refractivity contribution in [2.45, 2.75) is 82.6 Å². The van der Waals surface area contributed by atoms with E-state index >= 15 is 0 Å². The van der Waals surface area contributed by atoms with Crippen molar-refractivity contribution < 1.29 is 28.1 Å². The molecule has 0 aromatic heterocycles. The van der Waals surface area contributed by atoms with Crippen LogP contribution < -0.4 is 9.47 Å². The number of fused-ring (bicyclic) bond motifs is 3. The molecule has 4 rings (SSSR count). The maximum atomic E-state index is 14.0. The first kappa shape index (κ1) is 22.7. The van der Waals surface area contributed by atoms with Crippen LogP contribution in [-0.4, -0.2) is 60.5 Å². The van der Waals surface area contributed by atoms with Crippen LogP contribution in [0.3, 0.4) is 0 Å². The summed E-state index contributed by atoms with van der Waals surface area (Å²) in [7, 11) is 1.57. The average molecular weight is 440 g/mol. The van der Waals surface area contributed by atoms with E-state index in [4.69, 9.17) is 14.2 Å². The molecule has 1 saturated heterocycles. The van der Waals surface area contributed by atoms with Gasteiger partial charge in [0.25, 0.3) is 5.92 Å². The molecule has 2 aliphatic heterocycles. The number of aliphatic hydroxyl groups is 1. The molecular weight excluding hydrogens is 404 g/mol. The molecule has 1 aromatic carbocycles. The van der Waals surface area contributed by atoms with Gasteiger partial charge in [-0.1, -0.05) is 0 Å².